The Balaban J connectivity index is 2.18. The third-order valence-electron chi connectivity index (χ3n) is 3.73. The summed E-state index contributed by atoms with van der Waals surface area (Å²) in [5.41, 5.74) is 2.25. The van der Waals surface area contributed by atoms with E-state index in [1.54, 1.807) is 24.3 Å². The lowest BCUT2D eigenvalue weighted by molar-refractivity contribution is 0.566. The van der Waals surface area contributed by atoms with Crippen LogP contribution in [0.5, 0.6) is 0 Å². The molecule has 0 aromatic heterocycles. The first-order chi connectivity index (χ1) is 10.6. The molecular weight excluding hydrogens is 374 g/mol. The molecule has 1 N–H and O–H groups in total. The predicted molar refractivity (Wildman–Crippen MR) is 98.0 cm³/mol. The fourth-order valence-corrected chi connectivity index (χ4v) is 3.75. The Morgan fingerprint density at radius 3 is 1.96 bits per heavy atom. The molecular formula is C18H22BrNO2S. The lowest BCUT2D eigenvalue weighted by atomic mass is 9.86. The Morgan fingerprint density at radius 2 is 1.48 bits per heavy atom. The van der Waals surface area contributed by atoms with Gasteiger partial charge in [-0.15, -0.1) is 0 Å². The lowest BCUT2D eigenvalue weighted by Crippen LogP contribution is -2.27. The molecule has 0 unspecified atom stereocenters. The topological polar surface area (TPSA) is 46.2 Å². The van der Waals surface area contributed by atoms with Crippen LogP contribution in [0.1, 0.15) is 44.9 Å². The first-order valence-corrected chi connectivity index (χ1v) is 9.75. The first-order valence-electron chi connectivity index (χ1n) is 7.48. The molecule has 0 amide bonds. The van der Waals surface area contributed by atoms with Crippen molar-refractivity contribution in [3.63, 3.8) is 0 Å². The number of benzene rings is 2. The summed E-state index contributed by atoms with van der Waals surface area (Å²) in [6.07, 6.45) is 0. The van der Waals surface area contributed by atoms with Crippen LogP contribution in [0.3, 0.4) is 0 Å². The van der Waals surface area contributed by atoms with Crippen molar-refractivity contribution in [1.82, 2.24) is 4.72 Å². The highest BCUT2D eigenvalue weighted by Crippen LogP contribution is 2.24. The summed E-state index contributed by atoms with van der Waals surface area (Å²) >= 11 is 3.31. The second-order valence-corrected chi connectivity index (χ2v) is 9.30. The minimum absolute atomic E-state index is 0.0820. The summed E-state index contributed by atoms with van der Waals surface area (Å²) in [7, 11) is -3.53. The largest absolute Gasteiger partial charge is 0.241 e. The van der Waals surface area contributed by atoms with Gasteiger partial charge in [0.25, 0.3) is 0 Å². The Labute approximate surface area is 147 Å². The number of sulfonamides is 1. The van der Waals surface area contributed by atoms with Crippen molar-refractivity contribution in [2.45, 2.75) is 44.0 Å². The minimum atomic E-state index is -3.53. The molecule has 0 spiro atoms. The maximum Gasteiger partial charge on any atom is 0.241 e. The van der Waals surface area contributed by atoms with Crippen molar-refractivity contribution in [2.24, 2.45) is 0 Å². The molecule has 0 fully saturated rings. The van der Waals surface area contributed by atoms with Crippen LogP contribution in [-0.4, -0.2) is 8.42 Å². The van der Waals surface area contributed by atoms with E-state index in [-0.39, 0.29) is 16.4 Å². The molecule has 3 nitrogen and oxygen atoms in total. The first kappa shape index (κ1) is 18.2. The molecule has 1 atom stereocenters. The number of rotatable bonds is 4. The third kappa shape index (κ3) is 4.66. The summed E-state index contributed by atoms with van der Waals surface area (Å²) in [5.74, 6) is 0. The van der Waals surface area contributed by atoms with Gasteiger partial charge < -0.3 is 0 Å². The summed E-state index contributed by atoms with van der Waals surface area (Å²) in [4.78, 5) is 0.263. The zero-order valence-corrected chi connectivity index (χ0v) is 16.2. The van der Waals surface area contributed by atoms with E-state index < -0.39 is 10.0 Å². The highest BCUT2D eigenvalue weighted by atomic mass is 79.9. The van der Waals surface area contributed by atoms with Gasteiger partial charge in [0, 0.05) is 10.5 Å². The van der Waals surface area contributed by atoms with Gasteiger partial charge >= 0.3 is 0 Å². The quantitative estimate of drug-likeness (QED) is 0.808. The van der Waals surface area contributed by atoms with E-state index in [0.29, 0.717) is 0 Å². The Hall–Kier alpha value is -1.17. The molecule has 0 radical (unpaired) electrons. The number of hydrogen-bond donors (Lipinski definition) is 1. The average Bonchev–Trinajstić information content (AvgIpc) is 2.46. The number of nitrogens with one attached hydrogen (secondary N) is 1. The smallest absolute Gasteiger partial charge is 0.207 e. The third-order valence-corrected chi connectivity index (χ3v) is 5.82. The van der Waals surface area contributed by atoms with Crippen molar-refractivity contribution in [3.8, 4) is 0 Å². The van der Waals surface area contributed by atoms with Gasteiger partial charge in [0.2, 0.25) is 10.0 Å². The molecule has 2 rings (SSSR count). The highest BCUT2D eigenvalue weighted by Gasteiger charge is 2.19. The van der Waals surface area contributed by atoms with E-state index in [2.05, 4.69) is 53.6 Å². The maximum atomic E-state index is 12.4. The molecule has 0 aliphatic heterocycles. The van der Waals surface area contributed by atoms with E-state index in [1.165, 1.54) is 5.56 Å². The minimum Gasteiger partial charge on any atom is -0.207 e. The number of halogens is 1. The Morgan fingerprint density at radius 1 is 0.957 bits per heavy atom. The molecule has 2 aromatic carbocycles. The molecule has 0 bridgehead atoms. The van der Waals surface area contributed by atoms with E-state index in [9.17, 15) is 8.42 Å². The van der Waals surface area contributed by atoms with Gasteiger partial charge in [-0.25, -0.2) is 13.1 Å². The van der Waals surface area contributed by atoms with Crippen molar-refractivity contribution >= 4 is 26.0 Å². The summed E-state index contributed by atoms with van der Waals surface area (Å²) < 4.78 is 28.4. The van der Waals surface area contributed by atoms with Gasteiger partial charge in [-0.05, 0) is 47.7 Å². The van der Waals surface area contributed by atoms with Crippen molar-refractivity contribution < 1.29 is 8.42 Å². The van der Waals surface area contributed by atoms with Gasteiger partial charge in [0.05, 0.1) is 4.90 Å². The fourth-order valence-electron chi connectivity index (χ4n) is 2.25. The van der Waals surface area contributed by atoms with Gasteiger partial charge in [-0.1, -0.05) is 61.0 Å². The Kier molecular flexibility index (Phi) is 5.33. The Bertz CT molecular complexity index is 760. The molecule has 0 aliphatic carbocycles. The summed E-state index contributed by atoms with van der Waals surface area (Å²) in [6.45, 7) is 8.31. The van der Waals surface area contributed by atoms with Crippen LogP contribution in [0.2, 0.25) is 0 Å². The monoisotopic (exact) mass is 395 g/mol. The van der Waals surface area contributed by atoms with E-state index in [4.69, 9.17) is 0 Å². The lowest BCUT2D eigenvalue weighted by Gasteiger charge is -2.20. The SMILES string of the molecule is C[C@@H](NS(=O)(=O)c1ccc(Br)cc1)c1ccc(C(C)(C)C)cc1. The molecule has 2 aromatic rings. The van der Waals surface area contributed by atoms with Crippen LogP contribution in [0.25, 0.3) is 0 Å². The van der Waals surface area contributed by atoms with E-state index in [1.807, 2.05) is 19.1 Å². The zero-order chi connectivity index (χ0) is 17.3. The van der Waals surface area contributed by atoms with Crippen LogP contribution in [-0.2, 0) is 15.4 Å². The standard InChI is InChI=1S/C18H22BrNO2S/c1-13(14-5-7-15(8-6-14)18(2,3)4)20-23(21,22)17-11-9-16(19)10-12-17/h5-13,20H,1-4H3/t13-/m1/s1. The molecule has 5 heteroatoms. The van der Waals surface area contributed by atoms with Crippen LogP contribution in [0, 0.1) is 0 Å². The molecule has 0 saturated carbocycles. The molecule has 0 heterocycles. The molecule has 124 valence electrons. The van der Waals surface area contributed by atoms with Crippen molar-refractivity contribution in [3.05, 3.63) is 64.1 Å². The highest BCUT2D eigenvalue weighted by molar-refractivity contribution is 9.10. The zero-order valence-electron chi connectivity index (χ0n) is 13.8. The second-order valence-electron chi connectivity index (χ2n) is 6.67. The van der Waals surface area contributed by atoms with E-state index >= 15 is 0 Å². The molecule has 0 saturated heterocycles. The summed E-state index contributed by atoms with van der Waals surface area (Å²) in [6, 6.07) is 14.4. The van der Waals surface area contributed by atoms with Crippen LogP contribution in [0.15, 0.2) is 57.9 Å². The maximum absolute atomic E-state index is 12.4. The van der Waals surface area contributed by atoms with Gasteiger partial charge in [0.15, 0.2) is 0 Å². The molecule has 23 heavy (non-hydrogen) atoms. The van der Waals surface area contributed by atoms with Crippen molar-refractivity contribution in [2.75, 3.05) is 0 Å². The van der Waals surface area contributed by atoms with Crippen molar-refractivity contribution in [1.29, 1.82) is 0 Å². The fraction of sp³-hybridized carbons (Fsp3) is 0.333. The summed E-state index contributed by atoms with van der Waals surface area (Å²) in [5, 5.41) is 0. The van der Waals surface area contributed by atoms with Gasteiger partial charge in [-0.3, -0.25) is 0 Å². The van der Waals surface area contributed by atoms with Crippen LogP contribution >= 0.6 is 15.9 Å². The normalized spacial score (nSPS) is 13.8. The van der Waals surface area contributed by atoms with Crippen LogP contribution in [0.4, 0.5) is 0 Å². The van der Waals surface area contributed by atoms with E-state index in [0.717, 1.165) is 10.0 Å². The van der Waals surface area contributed by atoms with Crippen LogP contribution < -0.4 is 4.72 Å². The van der Waals surface area contributed by atoms with Gasteiger partial charge in [0.1, 0.15) is 0 Å². The average molecular weight is 396 g/mol. The predicted octanol–water partition coefficient (Wildman–Crippen LogP) is 4.79. The molecule has 0 aliphatic rings. The number of hydrogen-bond acceptors (Lipinski definition) is 2. The van der Waals surface area contributed by atoms with Gasteiger partial charge in [-0.2, -0.15) is 0 Å². The second kappa shape index (κ2) is 6.75.